The molecule has 37 heavy (non-hydrogen) atoms. The van der Waals surface area contributed by atoms with Crippen LogP contribution in [0.25, 0.3) is 39.5 Å². The van der Waals surface area contributed by atoms with Crippen LogP contribution in [0.15, 0.2) is 59.0 Å². The van der Waals surface area contributed by atoms with E-state index in [0.717, 1.165) is 28.5 Å². The number of aryl methyl sites for hydroxylation is 1. The Morgan fingerprint density at radius 2 is 1.73 bits per heavy atom. The van der Waals surface area contributed by atoms with Crippen LogP contribution in [0.2, 0.25) is 0 Å². The lowest BCUT2D eigenvalue weighted by Crippen LogP contribution is -2.25. The number of furan rings is 1. The van der Waals surface area contributed by atoms with Crippen LogP contribution in [0.5, 0.6) is 0 Å². The van der Waals surface area contributed by atoms with E-state index in [1.54, 1.807) is 12.1 Å². The standard InChI is InChI=1S/C29H29FN2O4S/c1-7-8-20-14-21(13-17(2)18(20)3)23-15-24-26(16-25(23)32(5)37(6,34)35)36-28(27(24)29(33)31-4)19-9-11-22(30)12-10-19/h7-16H,1-6H3,(H,31,33). The van der Waals surface area contributed by atoms with Crippen LogP contribution >= 0.6 is 0 Å². The average Bonchev–Trinajstić information content (AvgIpc) is 3.23. The third-order valence-electron chi connectivity index (χ3n) is 6.57. The summed E-state index contributed by atoms with van der Waals surface area (Å²) in [6, 6.07) is 13.1. The number of anilines is 1. The molecule has 0 aliphatic rings. The lowest BCUT2D eigenvalue weighted by molar-refractivity contribution is 0.0964. The second-order valence-corrected chi connectivity index (χ2v) is 11.0. The summed E-state index contributed by atoms with van der Waals surface area (Å²) in [4.78, 5) is 13.1. The fourth-order valence-corrected chi connectivity index (χ4v) is 4.86. The largest absolute Gasteiger partial charge is 0.455 e. The van der Waals surface area contributed by atoms with Gasteiger partial charge in [0.25, 0.3) is 5.91 Å². The quantitative estimate of drug-likeness (QED) is 0.323. The number of sulfonamides is 1. The molecule has 4 rings (SSSR count). The first-order chi connectivity index (χ1) is 17.5. The first-order valence-corrected chi connectivity index (χ1v) is 13.6. The van der Waals surface area contributed by atoms with Crippen molar-refractivity contribution in [2.75, 3.05) is 24.7 Å². The molecule has 0 spiro atoms. The van der Waals surface area contributed by atoms with Crippen molar-refractivity contribution in [3.63, 3.8) is 0 Å². The summed E-state index contributed by atoms with van der Waals surface area (Å²) in [5.74, 6) is -0.510. The minimum atomic E-state index is -3.62. The van der Waals surface area contributed by atoms with Crippen molar-refractivity contribution in [2.45, 2.75) is 20.8 Å². The Labute approximate surface area is 216 Å². The lowest BCUT2D eigenvalue weighted by atomic mass is 9.93. The first-order valence-electron chi connectivity index (χ1n) is 11.7. The van der Waals surface area contributed by atoms with Crippen LogP contribution in [-0.2, 0) is 10.0 Å². The predicted octanol–water partition coefficient (Wildman–Crippen LogP) is 6.31. The van der Waals surface area contributed by atoms with Crippen molar-refractivity contribution in [3.8, 4) is 22.5 Å². The Morgan fingerprint density at radius 3 is 2.32 bits per heavy atom. The SMILES string of the molecule is CC=Cc1cc(-c2cc3c(C(=O)NC)c(-c4ccc(F)cc4)oc3cc2N(C)S(C)(=O)=O)cc(C)c1C. The summed E-state index contributed by atoms with van der Waals surface area (Å²) in [5, 5.41) is 3.17. The molecule has 6 nitrogen and oxygen atoms in total. The Balaban J connectivity index is 2.12. The highest BCUT2D eigenvalue weighted by Gasteiger charge is 2.26. The molecule has 4 aromatic rings. The molecule has 0 aliphatic carbocycles. The molecule has 0 saturated carbocycles. The van der Waals surface area contributed by atoms with Gasteiger partial charge in [-0.15, -0.1) is 0 Å². The Hall–Kier alpha value is -3.91. The third-order valence-corrected chi connectivity index (χ3v) is 7.76. The number of rotatable bonds is 6. The number of nitrogens with one attached hydrogen (secondary N) is 1. The molecule has 8 heteroatoms. The van der Waals surface area contributed by atoms with Crippen LogP contribution < -0.4 is 9.62 Å². The van der Waals surface area contributed by atoms with E-state index in [2.05, 4.69) is 5.32 Å². The smallest absolute Gasteiger partial charge is 0.255 e. The van der Waals surface area contributed by atoms with Crippen molar-refractivity contribution in [3.05, 3.63) is 82.7 Å². The Bertz CT molecular complexity index is 1650. The number of carbonyl (C=O) groups is 1. The zero-order chi connectivity index (χ0) is 27.1. The summed E-state index contributed by atoms with van der Waals surface area (Å²) < 4.78 is 46.1. The van der Waals surface area contributed by atoms with E-state index in [-0.39, 0.29) is 17.2 Å². The number of hydrogen-bond acceptors (Lipinski definition) is 4. The number of halogens is 1. The van der Waals surface area contributed by atoms with Crippen LogP contribution in [0.4, 0.5) is 10.1 Å². The van der Waals surface area contributed by atoms with E-state index in [4.69, 9.17) is 4.42 Å². The number of benzene rings is 3. The van der Waals surface area contributed by atoms with Crippen molar-refractivity contribution < 1.29 is 22.0 Å². The van der Waals surface area contributed by atoms with Gasteiger partial charge in [0.15, 0.2) is 0 Å². The molecule has 1 aromatic heterocycles. The molecule has 0 saturated heterocycles. The monoisotopic (exact) mass is 520 g/mol. The molecular formula is C29H29FN2O4S. The average molecular weight is 521 g/mol. The predicted molar refractivity (Wildman–Crippen MR) is 148 cm³/mol. The number of amides is 1. The maximum Gasteiger partial charge on any atom is 0.255 e. The van der Waals surface area contributed by atoms with Crippen LogP contribution in [-0.4, -0.2) is 34.7 Å². The number of hydrogen-bond donors (Lipinski definition) is 1. The van der Waals surface area contributed by atoms with Gasteiger partial charge in [-0.3, -0.25) is 9.10 Å². The first kappa shape index (κ1) is 26.2. The van der Waals surface area contributed by atoms with E-state index < -0.39 is 15.8 Å². The van der Waals surface area contributed by atoms with Gasteiger partial charge < -0.3 is 9.73 Å². The van der Waals surface area contributed by atoms with Gasteiger partial charge in [0.1, 0.15) is 17.2 Å². The van der Waals surface area contributed by atoms with Crippen LogP contribution in [0, 0.1) is 19.7 Å². The van der Waals surface area contributed by atoms with E-state index in [1.807, 2.05) is 45.1 Å². The van der Waals surface area contributed by atoms with Gasteiger partial charge in [0.05, 0.1) is 17.5 Å². The van der Waals surface area contributed by atoms with Crippen molar-refractivity contribution in [1.29, 1.82) is 0 Å². The fourth-order valence-electron chi connectivity index (χ4n) is 4.35. The maximum atomic E-state index is 13.6. The normalized spacial score (nSPS) is 11.9. The molecule has 1 amide bonds. The molecule has 0 atom stereocenters. The molecule has 0 radical (unpaired) electrons. The zero-order valence-electron chi connectivity index (χ0n) is 21.6. The zero-order valence-corrected chi connectivity index (χ0v) is 22.5. The Kier molecular flexibility index (Phi) is 6.97. The molecule has 1 heterocycles. The van der Waals surface area contributed by atoms with Crippen LogP contribution in [0.1, 0.15) is 34.0 Å². The minimum Gasteiger partial charge on any atom is -0.455 e. The van der Waals surface area contributed by atoms with Gasteiger partial charge in [0, 0.05) is 36.7 Å². The number of nitrogens with zero attached hydrogens (tertiary/aromatic N) is 1. The Morgan fingerprint density at radius 1 is 1.05 bits per heavy atom. The van der Waals surface area contributed by atoms with Gasteiger partial charge >= 0.3 is 0 Å². The summed E-state index contributed by atoms with van der Waals surface area (Å²) in [6.45, 7) is 5.98. The molecule has 192 valence electrons. The van der Waals surface area contributed by atoms with Crippen molar-refractivity contribution >= 4 is 38.7 Å². The summed E-state index contributed by atoms with van der Waals surface area (Å²) in [5.41, 5.74) is 6.17. The van der Waals surface area contributed by atoms with Gasteiger partial charge in [0.2, 0.25) is 10.0 Å². The van der Waals surface area contributed by atoms with Crippen molar-refractivity contribution in [2.24, 2.45) is 0 Å². The third kappa shape index (κ3) is 4.89. The minimum absolute atomic E-state index is 0.272. The van der Waals surface area contributed by atoms with E-state index in [9.17, 15) is 17.6 Å². The van der Waals surface area contributed by atoms with Crippen molar-refractivity contribution in [1.82, 2.24) is 5.32 Å². The number of allylic oxidation sites excluding steroid dienone is 1. The second kappa shape index (κ2) is 9.86. The lowest BCUT2D eigenvalue weighted by Gasteiger charge is -2.21. The van der Waals surface area contributed by atoms with Gasteiger partial charge in [-0.1, -0.05) is 18.2 Å². The molecule has 0 aliphatic heterocycles. The number of fused-ring (bicyclic) bond motifs is 1. The molecule has 0 unspecified atom stereocenters. The van der Waals surface area contributed by atoms with Gasteiger partial charge in [-0.2, -0.15) is 0 Å². The summed E-state index contributed by atoms with van der Waals surface area (Å²) in [7, 11) is -0.612. The topological polar surface area (TPSA) is 79.6 Å². The molecular weight excluding hydrogens is 491 g/mol. The molecule has 0 bridgehead atoms. The van der Waals surface area contributed by atoms with E-state index in [1.165, 1.54) is 42.7 Å². The highest BCUT2D eigenvalue weighted by Crippen LogP contribution is 2.42. The summed E-state index contributed by atoms with van der Waals surface area (Å²) >= 11 is 0. The van der Waals surface area contributed by atoms with E-state index >= 15 is 0 Å². The summed E-state index contributed by atoms with van der Waals surface area (Å²) in [6.07, 6.45) is 5.09. The highest BCUT2D eigenvalue weighted by atomic mass is 32.2. The van der Waals surface area contributed by atoms with E-state index in [0.29, 0.717) is 27.8 Å². The van der Waals surface area contributed by atoms with Crippen LogP contribution in [0.3, 0.4) is 0 Å². The fraction of sp³-hybridized carbons (Fsp3) is 0.207. The van der Waals surface area contributed by atoms with Gasteiger partial charge in [-0.05, 0) is 79.4 Å². The second-order valence-electron chi connectivity index (χ2n) is 9.00. The van der Waals surface area contributed by atoms with Gasteiger partial charge in [-0.25, -0.2) is 12.8 Å². The molecule has 0 fully saturated rings. The molecule has 3 aromatic carbocycles. The number of carbonyl (C=O) groups excluding carboxylic acids is 1. The maximum absolute atomic E-state index is 13.6. The highest BCUT2D eigenvalue weighted by molar-refractivity contribution is 7.92. The molecule has 1 N–H and O–H groups in total.